The van der Waals surface area contributed by atoms with E-state index in [0.717, 1.165) is 18.4 Å². The molecule has 3 atom stereocenters. The van der Waals surface area contributed by atoms with Gasteiger partial charge in [-0.15, -0.1) is 0 Å². The summed E-state index contributed by atoms with van der Waals surface area (Å²) in [5.41, 5.74) is 0.761. The van der Waals surface area contributed by atoms with Gasteiger partial charge in [0.2, 0.25) is 0 Å². The van der Waals surface area contributed by atoms with Crippen molar-refractivity contribution >= 4 is 0 Å². The normalized spacial score (nSPS) is 33.3. The third-order valence-corrected chi connectivity index (χ3v) is 4.25. The molecule has 0 amide bonds. The molecule has 5 heteroatoms. The van der Waals surface area contributed by atoms with Gasteiger partial charge in [0.15, 0.2) is 6.10 Å². The molecule has 2 fully saturated rings. The first-order valence-corrected chi connectivity index (χ1v) is 6.65. The minimum atomic E-state index is -0.677. The van der Waals surface area contributed by atoms with Crippen molar-refractivity contribution in [2.24, 2.45) is 0 Å². The van der Waals surface area contributed by atoms with Gasteiger partial charge in [-0.05, 0) is 32.3 Å². The van der Waals surface area contributed by atoms with Crippen molar-refractivity contribution in [2.75, 3.05) is 0 Å². The Morgan fingerprint density at radius 3 is 2.68 bits per heavy atom. The highest BCUT2D eigenvalue weighted by molar-refractivity contribution is 5.21. The molecule has 5 nitrogen and oxygen atoms in total. The lowest BCUT2D eigenvalue weighted by Crippen LogP contribution is -2.41. The quantitative estimate of drug-likeness (QED) is 0.607. The summed E-state index contributed by atoms with van der Waals surface area (Å²) in [6, 6.07) is 8.70. The lowest BCUT2D eigenvalue weighted by molar-refractivity contribution is -0.530. The summed E-state index contributed by atoms with van der Waals surface area (Å²) >= 11 is 0. The maximum atomic E-state index is 11.4. The van der Waals surface area contributed by atoms with Gasteiger partial charge in [-0.25, -0.2) is 0 Å². The summed E-state index contributed by atoms with van der Waals surface area (Å²) in [5, 5.41) is 13.3. The molecule has 2 heterocycles. The molecule has 0 saturated carbocycles. The fourth-order valence-electron chi connectivity index (χ4n) is 3.25. The van der Waals surface area contributed by atoms with E-state index in [2.05, 4.69) is 13.8 Å². The monoisotopic (exact) mass is 262 g/mol. The number of nitrogens with zero attached hydrogens (tertiary/aromatic N) is 2. The molecule has 0 N–H and O–H groups in total. The Balaban J connectivity index is 1.96. The molecule has 0 spiro atoms. The minimum Gasteiger partial charge on any atom is -0.282 e. The fraction of sp³-hybridized carbons (Fsp3) is 0.571. The summed E-state index contributed by atoms with van der Waals surface area (Å²) in [5.74, 6) is 0. The molecule has 2 saturated heterocycles. The van der Waals surface area contributed by atoms with E-state index in [9.17, 15) is 10.1 Å². The second kappa shape index (κ2) is 4.28. The molecule has 1 aromatic carbocycles. The molecule has 0 radical (unpaired) electrons. The first kappa shape index (κ1) is 12.6. The average molecular weight is 262 g/mol. The van der Waals surface area contributed by atoms with E-state index >= 15 is 0 Å². The molecular weight excluding hydrogens is 244 g/mol. The molecular formula is C14H18N2O3. The predicted molar refractivity (Wildman–Crippen MR) is 70.0 cm³/mol. The van der Waals surface area contributed by atoms with Crippen LogP contribution < -0.4 is 0 Å². The van der Waals surface area contributed by atoms with E-state index in [0.29, 0.717) is 0 Å². The third kappa shape index (κ3) is 1.93. The maximum Gasteiger partial charge on any atom is 0.262 e. The summed E-state index contributed by atoms with van der Waals surface area (Å²) in [6.07, 6.45) is 1.28. The van der Waals surface area contributed by atoms with Gasteiger partial charge >= 0.3 is 0 Å². The molecule has 0 unspecified atom stereocenters. The van der Waals surface area contributed by atoms with Gasteiger partial charge in [0.1, 0.15) is 6.04 Å². The number of hydroxylamine groups is 2. The number of hydrogen-bond donors (Lipinski definition) is 0. The Morgan fingerprint density at radius 1 is 1.37 bits per heavy atom. The van der Waals surface area contributed by atoms with E-state index in [1.807, 2.05) is 35.4 Å². The van der Waals surface area contributed by atoms with Gasteiger partial charge in [0, 0.05) is 10.5 Å². The van der Waals surface area contributed by atoms with E-state index in [1.54, 1.807) is 0 Å². The van der Waals surface area contributed by atoms with Crippen LogP contribution in [0.4, 0.5) is 0 Å². The van der Waals surface area contributed by atoms with Crippen molar-refractivity contribution in [3.63, 3.8) is 0 Å². The standard InChI is InChI=1S/C14H18N2O3/c1-14(2)9-8-11-12(16(17)18)13(19-15(11)14)10-6-4-3-5-7-10/h3-7,11-13H,8-9H2,1-2H3/t11-,12-,13-/m1/s1. The first-order valence-electron chi connectivity index (χ1n) is 6.65. The van der Waals surface area contributed by atoms with Crippen LogP contribution >= 0.6 is 0 Å². The molecule has 19 heavy (non-hydrogen) atoms. The molecule has 0 aliphatic carbocycles. The lowest BCUT2D eigenvalue weighted by atomic mass is 9.96. The Kier molecular flexibility index (Phi) is 2.83. The van der Waals surface area contributed by atoms with E-state index in [-0.39, 0.29) is 16.5 Å². The van der Waals surface area contributed by atoms with Gasteiger partial charge in [0.25, 0.3) is 6.04 Å². The molecule has 102 valence electrons. The van der Waals surface area contributed by atoms with Crippen LogP contribution in [0.1, 0.15) is 38.4 Å². The first-order chi connectivity index (χ1) is 9.00. The van der Waals surface area contributed by atoms with Crippen molar-refractivity contribution in [3.8, 4) is 0 Å². The van der Waals surface area contributed by atoms with Gasteiger partial charge < -0.3 is 0 Å². The Hall–Kier alpha value is -1.46. The molecule has 2 aliphatic heterocycles. The zero-order chi connectivity index (χ0) is 13.6. The number of fused-ring (bicyclic) bond motifs is 1. The second-order valence-corrected chi connectivity index (χ2v) is 5.96. The van der Waals surface area contributed by atoms with Crippen molar-refractivity contribution in [2.45, 2.75) is 50.4 Å². The van der Waals surface area contributed by atoms with Gasteiger partial charge in [-0.1, -0.05) is 30.3 Å². The van der Waals surface area contributed by atoms with Gasteiger partial charge in [-0.3, -0.25) is 15.0 Å². The van der Waals surface area contributed by atoms with Gasteiger partial charge in [-0.2, -0.15) is 5.06 Å². The van der Waals surface area contributed by atoms with Crippen LogP contribution in [0, 0.1) is 10.1 Å². The maximum absolute atomic E-state index is 11.4. The van der Waals surface area contributed by atoms with E-state index in [4.69, 9.17) is 4.84 Å². The highest BCUT2D eigenvalue weighted by Gasteiger charge is 2.59. The van der Waals surface area contributed by atoms with Crippen molar-refractivity contribution in [1.82, 2.24) is 5.06 Å². The largest absolute Gasteiger partial charge is 0.282 e. The molecule has 1 aromatic rings. The summed E-state index contributed by atoms with van der Waals surface area (Å²) in [7, 11) is 0. The van der Waals surface area contributed by atoms with Crippen LogP contribution in [0.25, 0.3) is 0 Å². The predicted octanol–water partition coefficient (Wildman–Crippen LogP) is 2.56. The SMILES string of the molecule is CC1(C)CC[C@@H]2[C@@H]([N+](=O)[O-])[C@@H](c3ccccc3)ON21. The van der Waals surface area contributed by atoms with Crippen LogP contribution in [0.5, 0.6) is 0 Å². The summed E-state index contributed by atoms with van der Waals surface area (Å²) in [6.45, 7) is 4.16. The zero-order valence-corrected chi connectivity index (χ0v) is 11.2. The zero-order valence-electron chi connectivity index (χ0n) is 11.2. The molecule has 0 aromatic heterocycles. The molecule has 2 aliphatic rings. The second-order valence-electron chi connectivity index (χ2n) is 5.96. The van der Waals surface area contributed by atoms with E-state index < -0.39 is 12.1 Å². The number of benzene rings is 1. The minimum absolute atomic E-state index is 0.116. The Morgan fingerprint density at radius 2 is 2.05 bits per heavy atom. The van der Waals surface area contributed by atoms with Crippen LogP contribution in [0.3, 0.4) is 0 Å². The lowest BCUT2D eigenvalue weighted by Gasteiger charge is -2.29. The third-order valence-electron chi connectivity index (χ3n) is 4.25. The van der Waals surface area contributed by atoms with Crippen molar-refractivity contribution in [3.05, 3.63) is 46.0 Å². The Labute approximate surface area is 112 Å². The Bertz CT molecular complexity index is 489. The van der Waals surface area contributed by atoms with Crippen LogP contribution in [-0.4, -0.2) is 27.6 Å². The van der Waals surface area contributed by atoms with Gasteiger partial charge in [0.05, 0.1) is 0 Å². The highest BCUT2D eigenvalue weighted by atomic mass is 16.7. The van der Waals surface area contributed by atoms with Crippen molar-refractivity contribution < 1.29 is 9.76 Å². The topological polar surface area (TPSA) is 55.6 Å². The number of nitro groups is 1. The number of hydrogen-bond acceptors (Lipinski definition) is 4. The number of rotatable bonds is 2. The molecule has 0 bridgehead atoms. The summed E-state index contributed by atoms with van der Waals surface area (Å²) < 4.78 is 0. The summed E-state index contributed by atoms with van der Waals surface area (Å²) in [4.78, 5) is 17.2. The highest BCUT2D eigenvalue weighted by Crippen LogP contribution is 2.46. The van der Waals surface area contributed by atoms with Crippen LogP contribution in [-0.2, 0) is 4.84 Å². The van der Waals surface area contributed by atoms with Crippen molar-refractivity contribution in [1.29, 1.82) is 0 Å². The van der Waals surface area contributed by atoms with E-state index in [1.165, 1.54) is 0 Å². The average Bonchev–Trinajstić information content (AvgIpc) is 2.89. The smallest absolute Gasteiger partial charge is 0.262 e. The fourth-order valence-corrected chi connectivity index (χ4v) is 3.25. The molecule has 3 rings (SSSR count). The van der Waals surface area contributed by atoms with Crippen LogP contribution in [0.15, 0.2) is 30.3 Å². The van der Waals surface area contributed by atoms with Crippen LogP contribution in [0.2, 0.25) is 0 Å².